The summed E-state index contributed by atoms with van der Waals surface area (Å²) in [5.41, 5.74) is -0.452. The van der Waals surface area contributed by atoms with Gasteiger partial charge in [0.25, 0.3) is 0 Å². The molecular weight excluding hydrogens is 180 g/mol. The van der Waals surface area contributed by atoms with E-state index in [0.29, 0.717) is 0 Å². The van der Waals surface area contributed by atoms with Crippen molar-refractivity contribution in [3.8, 4) is 0 Å². The molecule has 0 aromatic rings. The van der Waals surface area contributed by atoms with E-state index in [9.17, 15) is 9.59 Å². The molecule has 0 N–H and O–H groups in total. The van der Waals surface area contributed by atoms with E-state index in [1.54, 1.807) is 0 Å². The molecule has 0 aromatic carbocycles. The van der Waals surface area contributed by atoms with Gasteiger partial charge in [0.15, 0.2) is 0 Å². The molecule has 1 fully saturated rings. The Morgan fingerprint density at radius 1 is 1.43 bits per heavy atom. The highest BCUT2D eigenvalue weighted by Gasteiger charge is 2.41. The predicted octanol–water partition coefficient (Wildman–Crippen LogP) is 1.80. The van der Waals surface area contributed by atoms with Crippen molar-refractivity contribution < 1.29 is 14.3 Å². The molecule has 0 aromatic heterocycles. The van der Waals surface area contributed by atoms with Crippen LogP contribution in [0.5, 0.6) is 0 Å². The smallest absolute Gasteiger partial charge is 0.311 e. The minimum atomic E-state index is -0.452. The van der Waals surface area contributed by atoms with Gasteiger partial charge in [-0.25, -0.2) is 0 Å². The first-order valence-electron chi connectivity index (χ1n) is 5.06. The van der Waals surface area contributed by atoms with E-state index in [0.717, 1.165) is 25.5 Å². The standard InChI is InChI=1S/C11H18O3/c1-11(2,10(13)14-3)9-5-4-8(6-9)7-12/h7-9H,4-6H2,1-3H3/t8-,9+/m1/s1. The van der Waals surface area contributed by atoms with Gasteiger partial charge in [-0.1, -0.05) is 0 Å². The summed E-state index contributed by atoms with van der Waals surface area (Å²) in [5, 5.41) is 0. The van der Waals surface area contributed by atoms with Gasteiger partial charge in [-0.15, -0.1) is 0 Å². The summed E-state index contributed by atoms with van der Waals surface area (Å²) in [7, 11) is 1.41. The Morgan fingerprint density at radius 2 is 2.07 bits per heavy atom. The number of methoxy groups -OCH3 is 1. The van der Waals surface area contributed by atoms with Crippen molar-refractivity contribution in [3.05, 3.63) is 0 Å². The lowest BCUT2D eigenvalue weighted by Gasteiger charge is -2.28. The maximum Gasteiger partial charge on any atom is 0.311 e. The summed E-state index contributed by atoms with van der Waals surface area (Å²) in [4.78, 5) is 22.1. The average Bonchev–Trinajstić information content (AvgIpc) is 2.65. The molecule has 1 rings (SSSR count). The van der Waals surface area contributed by atoms with Crippen molar-refractivity contribution in [2.75, 3.05) is 7.11 Å². The second-order valence-corrected chi connectivity index (χ2v) is 4.62. The van der Waals surface area contributed by atoms with Crippen LogP contribution in [0.25, 0.3) is 0 Å². The van der Waals surface area contributed by atoms with E-state index in [4.69, 9.17) is 4.74 Å². The van der Waals surface area contributed by atoms with Crippen LogP contribution in [0.15, 0.2) is 0 Å². The van der Waals surface area contributed by atoms with Crippen molar-refractivity contribution in [2.45, 2.75) is 33.1 Å². The Balaban J connectivity index is 2.65. The lowest BCUT2D eigenvalue weighted by molar-refractivity contribution is -0.154. The van der Waals surface area contributed by atoms with Gasteiger partial charge >= 0.3 is 5.97 Å². The van der Waals surface area contributed by atoms with Gasteiger partial charge in [0.1, 0.15) is 6.29 Å². The van der Waals surface area contributed by atoms with E-state index >= 15 is 0 Å². The van der Waals surface area contributed by atoms with Gasteiger partial charge in [0.05, 0.1) is 12.5 Å². The summed E-state index contributed by atoms with van der Waals surface area (Å²) < 4.78 is 4.77. The zero-order valence-electron chi connectivity index (χ0n) is 9.08. The third-order valence-corrected chi connectivity index (χ3v) is 3.40. The highest BCUT2D eigenvalue weighted by atomic mass is 16.5. The highest BCUT2D eigenvalue weighted by Crippen LogP contribution is 2.42. The monoisotopic (exact) mass is 198 g/mol. The summed E-state index contributed by atoms with van der Waals surface area (Å²) in [6.45, 7) is 3.80. The molecule has 3 nitrogen and oxygen atoms in total. The van der Waals surface area contributed by atoms with Gasteiger partial charge in [-0.2, -0.15) is 0 Å². The van der Waals surface area contributed by atoms with Gasteiger partial charge in [-0.05, 0) is 39.0 Å². The van der Waals surface area contributed by atoms with Gasteiger partial charge in [0, 0.05) is 5.92 Å². The summed E-state index contributed by atoms with van der Waals surface area (Å²) in [5.74, 6) is 0.253. The van der Waals surface area contributed by atoms with Crippen LogP contribution < -0.4 is 0 Å². The Labute approximate surface area is 84.8 Å². The molecule has 1 saturated carbocycles. The minimum Gasteiger partial charge on any atom is -0.469 e. The normalized spacial score (nSPS) is 27.4. The van der Waals surface area contributed by atoms with Crippen LogP contribution in [0.1, 0.15) is 33.1 Å². The number of hydrogen-bond donors (Lipinski definition) is 0. The van der Waals surface area contributed by atoms with Crippen molar-refractivity contribution in [2.24, 2.45) is 17.3 Å². The molecule has 0 aliphatic heterocycles. The number of ether oxygens (including phenoxy) is 1. The van der Waals surface area contributed by atoms with E-state index in [2.05, 4.69) is 0 Å². The fraction of sp³-hybridized carbons (Fsp3) is 0.818. The third kappa shape index (κ3) is 1.97. The second kappa shape index (κ2) is 4.11. The van der Waals surface area contributed by atoms with Crippen LogP contribution in [-0.4, -0.2) is 19.4 Å². The van der Waals surface area contributed by atoms with Crippen molar-refractivity contribution >= 4 is 12.3 Å². The predicted molar refractivity (Wildman–Crippen MR) is 52.7 cm³/mol. The molecule has 1 aliphatic carbocycles. The largest absolute Gasteiger partial charge is 0.469 e. The number of aldehydes is 1. The maximum atomic E-state index is 11.5. The lowest BCUT2D eigenvalue weighted by atomic mass is 9.77. The molecule has 2 atom stereocenters. The molecule has 0 radical (unpaired) electrons. The summed E-state index contributed by atoms with van der Waals surface area (Å²) >= 11 is 0. The van der Waals surface area contributed by atoms with Crippen LogP contribution in [0, 0.1) is 17.3 Å². The molecule has 0 heterocycles. The fourth-order valence-corrected chi connectivity index (χ4v) is 2.23. The summed E-state index contributed by atoms with van der Waals surface area (Å²) in [6, 6.07) is 0. The highest BCUT2D eigenvalue weighted by molar-refractivity contribution is 5.76. The topological polar surface area (TPSA) is 43.4 Å². The average molecular weight is 198 g/mol. The second-order valence-electron chi connectivity index (χ2n) is 4.62. The van der Waals surface area contributed by atoms with Gasteiger partial charge in [0.2, 0.25) is 0 Å². The van der Waals surface area contributed by atoms with Crippen molar-refractivity contribution in [1.82, 2.24) is 0 Å². The van der Waals surface area contributed by atoms with Crippen molar-refractivity contribution in [3.63, 3.8) is 0 Å². The van der Waals surface area contributed by atoms with Gasteiger partial charge < -0.3 is 9.53 Å². The SMILES string of the molecule is COC(=O)C(C)(C)[C@H]1CC[C@@H](C=O)C1. The molecule has 1 aliphatic rings. The van der Waals surface area contributed by atoms with E-state index in [1.165, 1.54) is 7.11 Å². The number of carbonyl (C=O) groups excluding carboxylic acids is 2. The first-order chi connectivity index (χ1) is 6.52. The number of hydrogen-bond acceptors (Lipinski definition) is 3. The van der Waals surface area contributed by atoms with Crippen LogP contribution >= 0.6 is 0 Å². The first-order valence-corrected chi connectivity index (χ1v) is 5.06. The van der Waals surface area contributed by atoms with Gasteiger partial charge in [-0.3, -0.25) is 4.79 Å². The van der Waals surface area contributed by atoms with Crippen LogP contribution in [0.2, 0.25) is 0 Å². The number of carbonyl (C=O) groups is 2. The van der Waals surface area contributed by atoms with E-state index in [1.807, 2.05) is 13.8 Å². The molecule has 14 heavy (non-hydrogen) atoms. The Morgan fingerprint density at radius 3 is 2.50 bits per heavy atom. The molecule has 0 spiro atoms. The molecule has 80 valence electrons. The minimum absolute atomic E-state index is 0.143. The zero-order chi connectivity index (χ0) is 10.8. The fourth-order valence-electron chi connectivity index (χ4n) is 2.23. The number of esters is 1. The van der Waals surface area contributed by atoms with Crippen LogP contribution in [-0.2, 0) is 14.3 Å². The first kappa shape index (κ1) is 11.2. The lowest BCUT2D eigenvalue weighted by Crippen LogP contribution is -2.32. The molecule has 0 saturated heterocycles. The third-order valence-electron chi connectivity index (χ3n) is 3.40. The molecular formula is C11H18O3. The summed E-state index contributed by atoms with van der Waals surface area (Å²) in [6.07, 6.45) is 3.69. The van der Waals surface area contributed by atoms with Crippen LogP contribution in [0.4, 0.5) is 0 Å². The Kier molecular flexibility index (Phi) is 3.29. The molecule has 0 bridgehead atoms. The van der Waals surface area contributed by atoms with E-state index < -0.39 is 5.41 Å². The van der Waals surface area contributed by atoms with E-state index in [-0.39, 0.29) is 17.8 Å². The Hall–Kier alpha value is -0.860. The Bertz CT molecular complexity index is 233. The quantitative estimate of drug-likeness (QED) is 0.513. The van der Waals surface area contributed by atoms with Crippen molar-refractivity contribution in [1.29, 1.82) is 0 Å². The molecule has 3 heteroatoms. The number of rotatable bonds is 3. The molecule has 0 amide bonds. The molecule has 0 unspecified atom stereocenters. The maximum absolute atomic E-state index is 11.5. The van der Waals surface area contributed by atoms with Crippen LogP contribution in [0.3, 0.4) is 0 Å². The zero-order valence-corrected chi connectivity index (χ0v) is 9.08.